The number of hydrogen-bond acceptors (Lipinski definition) is 7. The van der Waals surface area contributed by atoms with Crippen molar-refractivity contribution in [1.82, 2.24) is 15.2 Å². The van der Waals surface area contributed by atoms with E-state index >= 15 is 0 Å². The Bertz CT molecular complexity index is 756. The summed E-state index contributed by atoms with van der Waals surface area (Å²) in [7, 11) is 0. The van der Waals surface area contributed by atoms with Gasteiger partial charge in [-0.25, -0.2) is 9.37 Å². The van der Waals surface area contributed by atoms with Crippen molar-refractivity contribution in [1.29, 1.82) is 0 Å². The Labute approximate surface area is 144 Å². The average Bonchev–Trinajstić information content (AvgIpc) is 2.60. The van der Waals surface area contributed by atoms with Gasteiger partial charge in [0.15, 0.2) is 11.6 Å². The maximum absolute atomic E-state index is 14.4. The summed E-state index contributed by atoms with van der Waals surface area (Å²) >= 11 is 0. The fraction of sp³-hybridized carbons (Fsp3) is 0.375. The fourth-order valence-corrected chi connectivity index (χ4v) is 2.89. The summed E-state index contributed by atoms with van der Waals surface area (Å²) in [5.74, 6) is -1.24. The zero-order chi connectivity index (χ0) is 17.8. The monoisotopic (exact) mass is 345 g/mol. The average molecular weight is 345 g/mol. The van der Waals surface area contributed by atoms with Gasteiger partial charge in [0.05, 0.1) is 23.6 Å². The van der Waals surface area contributed by atoms with E-state index in [2.05, 4.69) is 25.8 Å². The summed E-state index contributed by atoms with van der Waals surface area (Å²) < 4.78 is 14.4. The number of hydrogen-bond donors (Lipinski definition) is 4. The molecule has 0 saturated heterocycles. The van der Waals surface area contributed by atoms with Crippen LogP contribution in [-0.4, -0.2) is 33.2 Å². The maximum atomic E-state index is 14.4. The predicted molar refractivity (Wildman–Crippen MR) is 91.9 cm³/mol. The zero-order valence-corrected chi connectivity index (χ0v) is 13.6. The van der Waals surface area contributed by atoms with Crippen molar-refractivity contribution in [3.63, 3.8) is 0 Å². The molecule has 9 heteroatoms. The Morgan fingerprint density at radius 2 is 2.04 bits per heavy atom. The lowest BCUT2D eigenvalue weighted by Crippen LogP contribution is -2.43. The summed E-state index contributed by atoms with van der Waals surface area (Å²) in [6.07, 6.45) is 6.76. The van der Waals surface area contributed by atoms with E-state index in [1.54, 1.807) is 6.07 Å². The van der Waals surface area contributed by atoms with E-state index in [0.29, 0.717) is 5.69 Å². The standard InChI is InChI=1S/C16H20FN7O/c17-11-7-10(14(19)25)15(22-9-5-6-20-21-8-9)24-16(11)23-13-4-2-1-3-12(13)18/h5-8,12-13H,1-4,18H2,(H2,19,25)(H2,20,22,23,24)/t12-,13+/m0/s1. The molecule has 6 N–H and O–H groups in total. The van der Waals surface area contributed by atoms with Crippen LogP contribution in [-0.2, 0) is 0 Å². The number of amides is 1. The van der Waals surface area contributed by atoms with Crippen LogP contribution in [0.2, 0.25) is 0 Å². The first-order valence-corrected chi connectivity index (χ1v) is 8.11. The van der Waals surface area contributed by atoms with Gasteiger partial charge in [-0.3, -0.25) is 4.79 Å². The molecule has 0 radical (unpaired) electrons. The largest absolute Gasteiger partial charge is 0.365 e. The highest BCUT2D eigenvalue weighted by molar-refractivity contribution is 5.98. The second-order valence-corrected chi connectivity index (χ2v) is 6.03. The molecule has 0 bridgehead atoms. The Morgan fingerprint density at radius 1 is 1.24 bits per heavy atom. The molecule has 3 rings (SSSR count). The minimum Gasteiger partial charge on any atom is -0.365 e. The number of pyridine rings is 1. The molecule has 0 spiro atoms. The highest BCUT2D eigenvalue weighted by Crippen LogP contribution is 2.26. The molecule has 2 heterocycles. The molecular weight excluding hydrogens is 325 g/mol. The highest BCUT2D eigenvalue weighted by Gasteiger charge is 2.24. The molecule has 25 heavy (non-hydrogen) atoms. The summed E-state index contributed by atoms with van der Waals surface area (Å²) in [4.78, 5) is 15.8. The zero-order valence-electron chi connectivity index (χ0n) is 13.6. The summed E-state index contributed by atoms with van der Waals surface area (Å²) in [6, 6.07) is 2.59. The molecule has 1 aliphatic rings. The SMILES string of the molecule is NC(=O)c1cc(F)c(N[C@@H]2CCCC[C@@H]2N)nc1Nc1ccnnc1. The summed E-state index contributed by atoms with van der Waals surface area (Å²) in [5, 5.41) is 13.4. The van der Waals surface area contributed by atoms with E-state index < -0.39 is 11.7 Å². The van der Waals surface area contributed by atoms with E-state index in [0.717, 1.165) is 31.7 Å². The van der Waals surface area contributed by atoms with Crippen LogP contribution in [0, 0.1) is 5.82 Å². The van der Waals surface area contributed by atoms with Gasteiger partial charge in [0.25, 0.3) is 5.91 Å². The number of nitrogens with one attached hydrogen (secondary N) is 2. The van der Waals surface area contributed by atoms with Crippen molar-refractivity contribution in [2.75, 3.05) is 10.6 Å². The molecule has 8 nitrogen and oxygen atoms in total. The van der Waals surface area contributed by atoms with Crippen molar-refractivity contribution in [2.45, 2.75) is 37.8 Å². The molecule has 0 unspecified atom stereocenters. The molecule has 1 amide bonds. The van der Waals surface area contributed by atoms with Gasteiger partial charge in [-0.2, -0.15) is 10.2 Å². The number of carbonyl (C=O) groups is 1. The molecule has 1 aliphatic carbocycles. The number of nitrogens with zero attached hydrogens (tertiary/aromatic N) is 3. The Balaban J connectivity index is 1.91. The third-order valence-electron chi connectivity index (χ3n) is 4.23. The summed E-state index contributed by atoms with van der Waals surface area (Å²) in [5.41, 5.74) is 11.9. The smallest absolute Gasteiger partial charge is 0.252 e. The van der Waals surface area contributed by atoms with Crippen LogP contribution >= 0.6 is 0 Å². The van der Waals surface area contributed by atoms with E-state index in [1.807, 2.05) is 0 Å². The number of anilines is 3. The van der Waals surface area contributed by atoms with Gasteiger partial charge in [-0.15, -0.1) is 0 Å². The Kier molecular flexibility index (Phi) is 5.03. The van der Waals surface area contributed by atoms with Crippen LogP contribution in [0.5, 0.6) is 0 Å². The minimum atomic E-state index is -0.781. The lowest BCUT2D eigenvalue weighted by atomic mass is 9.91. The molecular formula is C16H20FN7O. The number of carbonyl (C=O) groups excluding carboxylic acids is 1. The molecule has 1 saturated carbocycles. The second-order valence-electron chi connectivity index (χ2n) is 6.03. The van der Waals surface area contributed by atoms with Crippen LogP contribution in [0.15, 0.2) is 24.5 Å². The number of primary amides is 1. The molecule has 2 aromatic rings. The molecule has 0 aliphatic heterocycles. The van der Waals surface area contributed by atoms with Crippen molar-refractivity contribution in [3.8, 4) is 0 Å². The van der Waals surface area contributed by atoms with Crippen LogP contribution in [0.1, 0.15) is 36.0 Å². The molecule has 132 valence electrons. The summed E-state index contributed by atoms with van der Waals surface area (Å²) in [6.45, 7) is 0. The van der Waals surface area contributed by atoms with Crippen LogP contribution < -0.4 is 22.1 Å². The Hall–Kier alpha value is -2.81. The highest BCUT2D eigenvalue weighted by atomic mass is 19.1. The van der Waals surface area contributed by atoms with Gasteiger partial charge in [0, 0.05) is 12.1 Å². The van der Waals surface area contributed by atoms with E-state index in [4.69, 9.17) is 11.5 Å². The quantitative estimate of drug-likeness (QED) is 0.646. The van der Waals surface area contributed by atoms with Gasteiger partial charge >= 0.3 is 0 Å². The number of nitrogens with two attached hydrogens (primary N) is 2. The van der Waals surface area contributed by atoms with E-state index in [-0.39, 0.29) is 29.3 Å². The topological polar surface area (TPSA) is 132 Å². The number of aromatic nitrogens is 3. The van der Waals surface area contributed by atoms with Crippen LogP contribution in [0.3, 0.4) is 0 Å². The van der Waals surface area contributed by atoms with Crippen molar-refractivity contribution < 1.29 is 9.18 Å². The van der Waals surface area contributed by atoms with E-state index in [1.165, 1.54) is 12.4 Å². The minimum absolute atomic E-state index is 0.0388. The van der Waals surface area contributed by atoms with Crippen LogP contribution in [0.4, 0.5) is 21.7 Å². The molecule has 0 aromatic carbocycles. The van der Waals surface area contributed by atoms with Crippen molar-refractivity contribution in [2.24, 2.45) is 11.5 Å². The first-order valence-electron chi connectivity index (χ1n) is 8.11. The number of rotatable bonds is 5. The molecule has 1 fully saturated rings. The number of halogens is 1. The lowest BCUT2D eigenvalue weighted by Gasteiger charge is -2.30. The van der Waals surface area contributed by atoms with Gasteiger partial charge in [-0.05, 0) is 25.0 Å². The maximum Gasteiger partial charge on any atom is 0.252 e. The van der Waals surface area contributed by atoms with Crippen molar-refractivity contribution >= 4 is 23.2 Å². The van der Waals surface area contributed by atoms with E-state index in [9.17, 15) is 9.18 Å². The van der Waals surface area contributed by atoms with Gasteiger partial charge in [-0.1, -0.05) is 12.8 Å². The normalized spacial score (nSPS) is 20.1. The second kappa shape index (κ2) is 7.39. The first kappa shape index (κ1) is 17.0. The van der Waals surface area contributed by atoms with Gasteiger partial charge in [0.2, 0.25) is 0 Å². The lowest BCUT2D eigenvalue weighted by molar-refractivity contribution is 0.100. The third-order valence-corrected chi connectivity index (χ3v) is 4.23. The first-order chi connectivity index (χ1) is 12.0. The predicted octanol–water partition coefficient (Wildman–Crippen LogP) is 1.53. The van der Waals surface area contributed by atoms with Gasteiger partial charge in [0.1, 0.15) is 5.82 Å². The Morgan fingerprint density at radius 3 is 2.72 bits per heavy atom. The molecule has 2 aromatic heterocycles. The molecule has 2 atom stereocenters. The van der Waals surface area contributed by atoms with Gasteiger partial charge < -0.3 is 22.1 Å². The fourth-order valence-electron chi connectivity index (χ4n) is 2.89. The van der Waals surface area contributed by atoms with Crippen LogP contribution in [0.25, 0.3) is 0 Å². The third kappa shape index (κ3) is 4.00. The van der Waals surface area contributed by atoms with Crippen molar-refractivity contribution in [3.05, 3.63) is 35.9 Å².